The van der Waals surface area contributed by atoms with Crippen molar-refractivity contribution in [3.8, 4) is 0 Å². The first kappa shape index (κ1) is 25.5. The molecule has 0 N–H and O–H groups in total. The Morgan fingerprint density at radius 2 is 1.61 bits per heavy atom. The highest BCUT2D eigenvalue weighted by atomic mass is 16.5. The quantitative estimate of drug-likeness (QED) is 0.400. The van der Waals surface area contributed by atoms with E-state index in [4.69, 9.17) is 9.47 Å². The van der Waals surface area contributed by atoms with Crippen LogP contribution in [0.1, 0.15) is 55.3 Å². The van der Waals surface area contributed by atoms with E-state index in [0.29, 0.717) is 55.3 Å². The lowest BCUT2D eigenvalue weighted by Gasteiger charge is -2.57. The fraction of sp³-hybridized carbons (Fsp3) is 0.655. The summed E-state index contributed by atoms with van der Waals surface area (Å²) < 4.78 is 10.2. The molecule has 0 radical (unpaired) electrons. The summed E-state index contributed by atoms with van der Waals surface area (Å²) in [5.41, 5.74) is 0.361. The van der Waals surface area contributed by atoms with E-state index in [1.54, 1.807) is 29.2 Å². The molecule has 9 nitrogen and oxygen atoms in total. The lowest BCUT2D eigenvalue weighted by molar-refractivity contribution is -0.162. The second kappa shape index (κ2) is 10.1. The van der Waals surface area contributed by atoms with Crippen molar-refractivity contribution in [1.82, 2.24) is 9.80 Å². The van der Waals surface area contributed by atoms with Crippen LogP contribution >= 0.6 is 0 Å². The summed E-state index contributed by atoms with van der Waals surface area (Å²) in [5, 5.41) is 0. The average Bonchev–Trinajstić information content (AvgIpc) is 3.21. The zero-order chi connectivity index (χ0) is 26.4. The normalized spacial score (nSPS) is 32.6. The Balaban J connectivity index is 1.26. The molecule has 2 aliphatic heterocycles. The number of ether oxygens (including phenoxy) is 2. The highest BCUT2D eigenvalue weighted by Gasteiger charge is 2.57. The van der Waals surface area contributed by atoms with E-state index in [1.807, 2.05) is 0 Å². The molecule has 1 unspecified atom stereocenters. The van der Waals surface area contributed by atoms with Gasteiger partial charge in [-0.1, -0.05) is 0 Å². The first-order chi connectivity index (χ1) is 18.4. The molecule has 204 valence electrons. The van der Waals surface area contributed by atoms with Gasteiger partial charge in [-0.15, -0.1) is 0 Å². The number of hydrogen-bond donors (Lipinski definition) is 0. The molecule has 4 aliphatic carbocycles. The number of imide groups is 1. The minimum atomic E-state index is -0.802. The predicted octanol–water partition coefficient (Wildman–Crippen LogP) is 2.48. The lowest BCUT2D eigenvalue weighted by Crippen LogP contribution is -2.58. The van der Waals surface area contributed by atoms with Crippen molar-refractivity contribution >= 4 is 29.4 Å². The molecule has 4 bridgehead atoms. The molecule has 1 aromatic carbocycles. The number of amides is 3. The number of morpholine rings is 1. The fourth-order valence-corrected chi connectivity index (χ4v) is 8.15. The number of carbonyl (C=O) groups excluding carboxylic acids is 4. The van der Waals surface area contributed by atoms with Gasteiger partial charge in [0.1, 0.15) is 6.04 Å². The van der Waals surface area contributed by atoms with Crippen LogP contribution in [0.25, 0.3) is 0 Å². The van der Waals surface area contributed by atoms with Gasteiger partial charge < -0.3 is 14.4 Å². The Morgan fingerprint density at radius 1 is 1.00 bits per heavy atom. The topological polar surface area (TPSA) is 96.5 Å². The third-order valence-corrected chi connectivity index (χ3v) is 9.56. The summed E-state index contributed by atoms with van der Waals surface area (Å²) in [5.74, 6) is 0.746. The number of methoxy groups -OCH3 is 1. The Bertz CT molecular complexity index is 1080. The largest absolute Gasteiger partial charge is 0.465 e. The summed E-state index contributed by atoms with van der Waals surface area (Å²) in [6.45, 7) is 4.02. The molecule has 6 aliphatic rings. The van der Waals surface area contributed by atoms with Crippen molar-refractivity contribution in [3.05, 3.63) is 29.8 Å². The molecule has 0 aromatic heterocycles. The second-order valence-electron chi connectivity index (χ2n) is 12.0. The van der Waals surface area contributed by atoms with Gasteiger partial charge in [0.15, 0.2) is 0 Å². The first-order valence-electron chi connectivity index (χ1n) is 14.0. The SMILES string of the molecule is COC(=O)c1ccc(N2C(=O)CC(N(CCN3CCOCC3)C(=O)C34CC5CC(CC(C5)C3)C4)C2=O)cc1. The molecule has 2 heterocycles. The Hall–Kier alpha value is -2.78. The van der Waals surface area contributed by atoms with E-state index in [0.717, 1.165) is 32.4 Å². The molecule has 1 atom stereocenters. The lowest BCUT2D eigenvalue weighted by atomic mass is 9.49. The highest BCUT2D eigenvalue weighted by molar-refractivity contribution is 6.23. The predicted molar refractivity (Wildman–Crippen MR) is 138 cm³/mol. The maximum absolute atomic E-state index is 14.5. The minimum absolute atomic E-state index is 0.0151. The van der Waals surface area contributed by atoms with Crippen LogP contribution in [0, 0.1) is 23.2 Å². The summed E-state index contributed by atoms with van der Waals surface area (Å²) in [7, 11) is 1.31. The number of nitrogens with zero attached hydrogens (tertiary/aromatic N) is 3. The molecular weight excluding hydrogens is 486 g/mol. The Labute approximate surface area is 223 Å². The second-order valence-corrected chi connectivity index (χ2v) is 12.0. The summed E-state index contributed by atoms with van der Waals surface area (Å²) in [6.07, 6.45) is 6.43. The van der Waals surface area contributed by atoms with E-state index >= 15 is 0 Å². The van der Waals surface area contributed by atoms with Crippen LogP contribution in [0.15, 0.2) is 24.3 Å². The number of anilines is 1. The van der Waals surface area contributed by atoms with Gasteiger partial charge in [0.2, 0.25) is 11.8 Å². The van der Waals surface area contributed by atoms with Crippen molar-refractivity contribution in [2.75, 3.05) is 51.4 Å². The number of carbonyl (C=O) groups is 4. The fourth-order valence-electron chi connectivity index (χ4n) is 8.15. The summed E-state index contributed by atoms with van der Waals surface area (Å²) in [4.78, 5) is 58.5. The van der Waals surface area contributed by atoms with Crippen LogP contribution < -0.4 is 4.90 Å². The van der Waals surface area contributed by atoms with Gasteiger partial charge in [-0.25, -0.2) is 9.69 Å². The van der Waals surface area contributed by atoms with Crippen molar-refractivity contribution in [2.45, 2.75) is 51.0 Å². The highest BCUT2D eigenvalue weighted by Crippen LogP contribution is 2.60. The molecule has 1 aromatic rings. The maximum atomic E-state index is 14.5. The van der Waals surface area contributed by atoms with Gasteiger partial charge >= 0.3 is 5.97 Å². The van der Waals surface area contributed by atoms with E-state index in [1.165, 1.54) is 31.3 Å². The molecule has 2 saturated heterocycles. The molecule has 3 amide bonds. The standard InChI is InChI=1S/C29H37N3O6/c1-37-27(35)22-2-4-23(5-3-22)32-25(33)15-24(26(32)34)31(7-6-30-8-10-38-11-9-30)28(36)29-16-19-12-20(17-29)14-21(13-19)18-29/h2-5,19-21,24H,6-18H2,1H3. The number of esters is 1. The van der Waals surface area contributed by atoms with Gasteiger partial charge in [0.05, 0.1) is 43.4 Å². The van der Waals surface area contributed by atoms with Crippen molar-refractivity contribution in [3.63, 3.8) is 0 Å². The van der Waals surface area contributed by atoms with Gasteiger partial charge in [-0.3, -0.25) is 19.3 Å². The maximum Gasteiger partial charge on any atom is 0.337 e. The third kappa shape index (κ3) is 4.53. The van der Waals surface area contributed by atoms with Gasteiger partial charge in [0.25, 0.3) is 5.91 Å². The number of benzene rings is 1. The van der Waals surface area contributed by atoms with Gasteiger partial charge in [-0.2, -0.15) is 0 Å². The Kier molecular flexibility index (Phi) is 6.76. The molecule has 9 heteroatoms. The summed E-state index contributed by atoms with van der Waals surface area (Å²) in [6, 6.07) is 5.47. The van der Waals surface area contributed by atoms with E-state index in [-0.39, 0.29) is 24.1 Å². The monoisotopic (exact) mass is 523 g/mol. The van der Waals surface area contributed by atoms with E-state index < -0.39 is 17.4 Å². The van der Waals surface area contributed by atoms with Crippen molar-refractivity contribution in [1.29, 1.82) is 0 Å². The molecule has 4 saturated carbocycles. The van der Waals surface area contributed by atoms with Crippen LogP contribution in [0.5, 0.6) is 0 Å². The molecule has 6 fully saturated rings. The molecule has 38 heavy (non-hydrogen) atoms. The van der Waals surface area contributed by atoms with Crippen LogP contribution in [0.2, 0.25) is 0 Å². The smallest absolute Gasteiger partial charge is 0.337 e. The van der Waals surface area contributed by atoms with E-state index in [9.17, 15) is 19.2 Å². The summed E-state index contributed by atoms with van der Waals surface area (Å²) >= 11 is 0. The Morgan fingerprint density at radius 3 is 2.18 bits per heavy atom. The average molecular weight is 524 g/mol. The van der Waals surface area contributed by atoms with Crippen LogP contribution in [-0.4, -0.2) is 86.0 Å². The zero-order valence-corrected chi connectivity index (χ0v) is 22.1. The first-order valence-corrected chi connectivity index (χ1v) is 14.0. The molecular formula is C29H37N3O6. The molecule has 0 spiro atoms. The minimum Gasteiger partial charge on any atom is -0.465 e. The number of rotatable bonds is 7. The van der Waals surface area contributed by atoms with Crippen LogP contribution in [0.3, 0.4) is 0 Å². The van der Waals surface area contributed by atoms with Crippen molar-refractivity contribution < 1.29 is 28.7 Å². The van der Waals surface area contributed by atoms with Crippen LogP contribution in [0.4, 0.5) is 5.69 Å². The number of hydrogen-bond acceptors (Lipinski definition) is 7. The third-order valence-electron chi connectivity index (χ3n) is 9.56. The molecule has 7 rings (SSSR count). The van der Waals surface area contributed by atoms with Crippen molar-refractivity contribution in [2.24, 2.45) is 23.2 Å². The van der Waals surface area contributed by atoms with Crippen LogP contribution in [-0.2, 0) is 23.9 Å². The van der Waals surface area contributed by atoms with Gasteiger partial charge in [0, 0.05) is 26.2 Å². The van der Waals surface area contributed by atoms with Gasteiger partial charge in [-0.05, 0) is 80.5 Å². The zero-order valence-electron chi connectivity index (χ0n) is 22.1. The van der Waals surface area contributed by atoms with E-state index in [2.05, 4.69) is 4.90 Å².